The van der Waals surface area contributed by atoms with E-state index in [9.17, 15) is 57.6 Å². The maximum atomic E-state index is 13.6. The zero-order valence-corrected chi connectivity index (χ0v) is 44.2. The molecule has 3 fully saturated rings. The first kappa shape index (κ1) is 57.5. The van der Waals surface area contributed by atoms with E-state index in [0.29, 0.717) is 0 Å². The average Bonchev–Trinajstić information content (AvgIpc) is 4.32. The van der Waals surface area contributed by atoms with E-state index in [1.807, 2.05) is 0 Å². The van der Waals surface area contributed by atoms with Gasteiger partial charge in [0, 0.05) is 28.4 Å². The van der Waals surface area contributed by atoms with Gasteiger partial charge < -0.3 is 93.1 Å². The first-order chi connectivity index (χ1) is 36.8. The molecule has 39 nitrogen and oxygen atoms in total. The number of rotatable bonds is 22. The van der Waals surface area contributed by atoms with Crippen molar-refractivity contribution < 1.29 is 108 Å². The van der Waals surface area contributed by atoms with Crippen LogP contribution in [0.3, 0.4) is 0 Å². The van der Waals surface area contributed by atoms with Crippen molar-refractivity contribution in [2.75, 3.05) is 65.0 Å². The molecule has 0 saturated carbocycles. The molecule has 3 saturated heterocycles. The topological polar surface area (TPSA) is 538 Å². The molecule has 6 aromatic heterocycles. The maximum absolute atomic E-state index is 13.6. The van der Waals surface area contributed by atoms with Gasteiger partial charge >= 0.3 is 5.65 Å². The summed E-state index contributed by atoms with van der Waals surface area (Å²) >= 11 is 0. The molecule has 9 N–H and O–H groups in total. The summed E-state index contributed by atoms with van der Waals surface area (Å²) < 4.78 is 120. The number of aromatic nitrogens is 12. The number of hydrogen-bond acceptors (Lipinski definition) is 33. The number of ether oxygens (including phenoxy) is 6. The van der Waals surface area contributed by atoms with Gasteiger partial charge in [-0.05, 0) is 0 Å². The van der Waals surface area contributed by atoms with Crippen LogP contribution < -0.4 is 52.0 Å². The van der Waals surface area contributed by atoms with Gasteiger partial charge in [0.1, 0.15) is 66.8 Å². The van der Waals surface area contributed by atoms with Crippen LogP contribution in [0.5, 0.6) is 0 Å². The normalized spacial score (nSPS) is 29.7. The molecule has 0 amide bonds. The number of hydrogen-bond donors (Lipinski definition) is 7. The van der Waals surface area contributed by atoms with Gasteiger partial charge in [0.05, 0.1) is 39.5 Å². The average molecular weight is 1180 g/mol. The van der Waals surface area contributed by atoms with E-state index >= 15 is 0 Å². The molecule has 9 heterocycles. The Labute approximate surface area is 434 Å². The van der Waals surface area contributed by atoms with Gasteiger partial charge in [0.15, 0.2) is 41.4 Å². The fourth-order valence-electron chi connectivity index (χ4n) is 8.93. The van der Waals surface area contributed by atoms with Crippen LogP contribution in [0.4, 0.5) is 17.7 Å². The quantitative estimate of drug-likeness (QED) is 0.0246. The molecule has 43 heteroatoms. The number of nitrogen functional groups attached to an aromatic ring is 2. The van der Waals surface area contributed by atoms with Gasteiger partial charge in [-0.15, -0.1) is 0 Å². The number of aryl methyl sites for hydroxylation is 1. The minimum absolute atomic E-state index is 0.0243. The number of nitrogens with two attached hydrogens (primary N) is 2. The van der Waals surface area contributed by atoms with Crippen LogP contribution in [-0.4, -0.2) is 167 Å². The Morgan fingerprint density at radius 3 is 1.90 bits per heavy atom. The van der Waals surface area contributed by atoms with Gasteiger partial charge in [0.25, 0.3) is 48.4 Å². The Morgan fingerprint density at radius 2 is 1.26 bits per heavy atom. The highest BCUT2D eigenvalue weighted by Gasteiger charge is 2.52. The third-order valence-electron chi connectivity index (χ3n) is 12.2. The predicted octanol–water partition coefficient (Wildman–Crippen LogP) is -5.47. The molecule has 3 aliphatic heterocycles. The summed E-state index contributed by atoms with van der Waals surface area (Å²) in [5.41, 5.74) is 10.0. The lowest BCUT2D eigenvalue weighted by Gasteiger charge is -2.35. The number of H-pyrrole nitrogens is 2. The lowest BCUT2D eigenvalue weighted by atomic mass is 10.1. The number of aliphatic hydroxyl groups excluding tert-OH is 2. The monoisotopic (exact) mass is 1180 g/mol. The van der Waals surface area contributed by atoms with Crippen molar-refractivity contribution in [3.05, 3.63) is 46.0 Å². The second kappa shape index (κ2) is 22.1. The molecule has 0 spiro atoms. The predicted molar refractivity (Wildman–Crippen MR) is 245 cm³/mol. The molecule has 78 heavy (non-hydrogen) atoms. The zero-order valence-electron chi connectivity index (χ0n) is 40.7. The minimum Gasteiger partial charge on any atom is -0.756 e. The molecule has 3 aliphatic rings. The van der Waals surface area contributed by atoms with Gasteiger partial charge in [-0.1, -0.05) is 4.98 Å². The van der Waals surface area contributed by atoms with Gasteiger partial charge in [-0.25, -0.2) is 33.1 Å². The molecule has 428 valence electrons. The number of methoxy groups -OCH3 is 3. The van der Waals surface area contributed by atoms with Crippen molar-refractivity contribution in [1.82, 2.24) is 53.6 Å². The van der Waals surface area contributed by atoms with Gasteiger partial charge in [0.2, 0.25) is 17.7 Å². The zero-order chi connectivity index (χ0) is 56.4. The number of fused-ring (bicyclic) bond motifs is 3. The Morgan fingerprint density at radius 1 is 0.692 bits per heavy atom. The lowest BCUT2D eigenvalue weighted by Crippen LogP contribution is -2.47. The van der Waals surface area contributed by atoms with Crippen molar-refractivity contribution in [3.63, 3.8) is 0 Å². The summed E-state index contributed by atoms with van der Waals surface area (Å²) in [5.74, 6) is -0.340. The van der Waals surface area contributed by atoms with Crippen molar-refractivity contribution in [1.29, 1.82) is 0 Å². The van der Waals surface area contributed by atoms with Crippen molar-refractivity contribution in [3.8, 4) is 0 Å². The number of aliphatic hydroxyl groups is 2. The second-order valence-corrected chi connectivity index (χ2v) is 22.9. The van der Waals surface area contributed by atoms with E-state index in [1.54, 1.807) is 0 Å². The molecule has 6 aromatic rings. The SMILES string of the molecule is CNc1ncnc2c1ncn2[C@@H]1O[C@H](COP(=O)([O-])OP(=O)([O-])OP(=O)([O-])OC[C@H]2O[C@@H]([n+]3cn(C)c4c(=O)[nH]c(N)nc43)C(OC)[C@H]2OC)[C@H](OP(=O)([O-])OC[C@H]2O[C@@H](n3cnc4c(=O)[nH]c(N)nc43)C(O)[C@H]2O)C1OC. The van der Waals surface area contributed by atoms with Crippen LogP contribution in [0.15, 0.2) is 34.9 Å². The summed E-state index contributed by atoms with van der Waals surface area (Å²) in [4.78, 5) is 107. The van der Waals surface area contributed by atoms with Crippen LogP contribution in [0, 0.1) is 0 Å². The fraction of sp³-hybridized carbons (Fsp3) is 0.571. The smallest absolute Gasteiger partial charge is 0.313 e. The van der Waals surface area contributed by atoms with E-state index in [-0.39, 0.29) is 51.2 Å². The first-order valence-electron chi connectivity index (χ1n) is 22.3. The Hall–Kier alpha value is -5.15. The van der Waals surface area contributed by atoms with E-state index in [1.165, 1.54) is 54.7 Å². The molecular formula is C35H46N15O24P4-3. The summed E-state index contributed by atoms with van der Waals surface area (Å²) in [6.45, 7) is -3.45. The van der Waals surface area contributed by atoms with Crippen molar-refractivity contribution >= 4 is 82.5 Å². The fourth-order valence-corrected chi connectivity index (χ4v) is 13.3. The highest BCUT2D eigenvalue weighted by molar-refractivity contribution is 7.65. The van der Waals surface area contributed by atoms with E-state index in [4.69, 9.17) is 58.0 Å². The van der Waals surface area contributed by atoms with Crippen molar-refractivity contribution in [2.45, 2.75) is 73.6 Å². The number of aromatic amines is 2. The minimum atomic E-state index is -6.54. The third kappa shape index (κ3) is 11.4. The van der Waals surface area contributed by atoms with Gasteiger partial charge in [-0.3, -0.25) is 51.5 Å². The van der Waals surface area contributed by atoms with Crippen LogP contribution in [0.1, 0.15) is 18.7 Å². The molecular weight excluding hydrogens is 1140 g/mol. The number of phosphoric acid groups is 4. The lowest BCUT2D eigenvalue weighted by molar-refractivity contribution is -0.746. The van der Waals surface area contributed by atoms with E-state index in [2.05, 4.69) is 53.8 Å². The molecule has 0 aliphatic carbocycles. The Bertz CT molecular complexity index is 3530. The number of anilines is 3. The number of phosphoric ester groups is 3. The summed E-state index contributed by atoms with van der Waals surface area (Å²) in [6, 6.07) is 0. The number of imidazole rings is 3. The van der Waals surface area contributed by atoms with Gasteiger partial charge in [-0.2, -0.15) is 4.98 Å². The Balaban J connectivity index is 0.876. The molecule has 0 aromatic carbocycles. The summed E-state index contributed by atoms with van der Waals surface area (Å²) in [7, 11) is -18.1. The van der Waals surface area contributed by atoms with Crippen LogP contribution in [0.25, 0.3) is 33.5 Å². The van der Waals surface area contributed by atoms with Crippen LogP contribution in [0.2, 0.25) is 0 Å². The highest BCUT2D eigenvalue weighted by atomic mass is 31.3. The second-order valence-electron chi connectivity index (χ2n) is 17.0. The standard InChI is InChI=1S/C35H49N15O24P4/c1-38-25-16-26(40-9-39-25)48(10-41-16)32-24(65-5)22(72-75(55,56)66-6-13-19(51)20(52)31(69-13)49-11-42-17-27(49)43-34(36)45-29(17)53)15(71-32)8-68-77(59,60)74-78(61,62)73-76(57,58)67-7-14-21(63-3)23(64-4)33(70-14)50-12-47(2)18-28(50)44-35(37)46-30(18)54/h9-15,19-24,31-33,51-52H,6-8H2,1-5H3,(H10-,36,37,38,39,40,43,44,45,46,53,54,55,56,57,58,59,60,61,62)/p-3/t13-,14-,15-,19+,20?,21+,22+,23?,24?,31-,32-,33-/m1/s1. The summed E-state index contributed by atoms with van der Waals surface area (Å²) in [5, 5.41) is 24.5. The molecule has 7 unspecified atom stereocenters. The Kier molecular flexibility index (Phi) is 16.3. The maximum Gasteiger partial charge on any atom is 0.313 e. The molecule has 0 radical (unpaired) electrons. The molecule has 9 rings (SSSR count). The largest absolute Gasteiger partial charge is 0.756 e. The van der Waals surface area contributed by atoms with E-state index < -0.39 is 136 Å². The van der Waals surface area contributed by atoms with Crippen LogP contribution in [-0.2, 0) is 80.4 Å². The number of nitrogens with zero attached hydrogens (tertiary/aromatic N) is 10. The summed E-state index contributed by atoms with van der Waals surface area (Å²) in [6.07, 6.45) is -13.8. The highest BCUT2D eigenvalue weighted by Crippen LogP contribution is 2.63. The first-order valence-corrected chi connectivity index (χ1v) is 28.2. The molecule has 0 bridgehead atoms. The van der Waals surface area contributed by atoms with E-state index in [0.717, 1.165) is 24.3 Å². The molecule has 16 atom stereocenters. The number of nitrogens with one attached hydrogen (secondary N) is 3. The van der Waals surface area contributed by atoms with Crippen molar-refractivity contribution in [2.24, 2.45) is 7.05 Å². The van der Waals surface area contributed by atoms with Crippen LogP contribution >= 0.6 is 31.3 Å². The third-order valence-corrected chi connectivity index (χ3v) is 17.3.